The Kier molecular flexibility index (Phi) is 6.91. The van der Waals surface area contributed by atoms with Crippen molar-refractivity contribution < 1.29 is 9.53 Å². The highest BCUT2D eigenvalue weighted by molar-refractivity contribution is 5.81. The van der Waals surface area contributed by atoms with Crippen LogP contribution in [-0.2, 0) is 11.3 Å². The largest absolute Gasteiger partial charge is 0.497 e. The molecule has 5 heteroatoms. The Hall–Kier alpha value is -2.40. The van der Waals surface area contributed by atoms with Gasteiger partial charge in [-0.3, -0.25) is 14.7 Å². The zero-order valence-electron chi connectivity index (χ0n) is 18.0. The number of benzene rings is 1. The standard InChI is InChI=1S/C24H33N3O2/c1-24(2,3)23(28)26-22(21-12-5-6-13-25-21)19-10-8-14-27(17-19)16-18-9-7-11-20(15-18)29-4/h5-7,9,11-13,15,19,22H,8,10,14,16-17H2,1-4H3,(H,26,28)/t19-,22+/m1/s1. The quantitative estimate of drug-likeness (QED) is 0.796. The van der Waals surface area contributed by atoms with E-state index in [-0.39, 0.29) is 11.9 Å². The number of carbonyl (C=O) groups is 1. The van der Waals surface area contributed by atoms with Gasteiger partial charge in [0.1, 0.15) is 5.75 Å². The summed E-state index contributed by atoms with van der Waals surface area (Å²) in [6, 6.07) is 14.1. The van der Waals surface area contributed by atoms with Gasteiger partial charge in [-0.25, -0.2) is 0 Å². The lowest BCUT2D eigenvalue weighted by atomic mass is 9.86. The van der Waals surface area contributed by atoms with Crippen molar-refractivity contribution in [3.63, 3.8) is 0 Å². The molecule has 2 atom stereocenters. The zero-order chi connectivity index (χ0) is 20.9. The summed E-state index contributed by atoms with van der Waals surface area (Å²) in [5, 5.41) is 3.30. The van der Waals surface area contributed by atoms with Gasteiger partial charge >= 0.3 is 0 Å². The summed E-state index contributed by atoms with van der Waals surface area (Å²) in [5.74, 6) is 1.29. The average Bonchev–Trinajstić information content (AvgIpc) is 2.72. The Bertz CT molecular complexity index is 801. The Morgan fingerprint density at radius 1 is 1.28 bits per heavy atom. The first-order chi connectivity index (χ1) is 13.9. The van der Waals surface area contributed by atoms with Crippen molar-refractivity contribution in [1.82, 2.24) is 15.2 Å². The van der Waals surface area contributed by atoms with E-state index in [9.17, 15) is 4.79 Å². The van der Waals surface area contributed by atoms with Crippen molar-refractivity contribution in [3.8, 4) is 5.75 Å². The number of nitrogens with one attached hydrogen (secondary N) is 1. The summed E-state index contributed by atoms with van der Waals surface area (Å²) in [5.41, 5.74) is 1.76. The molecule has 1 aromatic carbocycles. The summed E-state index contributed by atoms with van der Waals surface area (Å²) in [6.07, 6.45) is 4.01. The normalized spacial score (nSPS) is 18.8. The lowest BCUT2D eigenvalue weighted by molar-refractivity contribution is -0.130. The van der Waals surface area contributed by atoms with Gasteiger partial charge in [-0.05, 0) is 55.1 Å². The van der Waals surface area contributed by atoms with E-state index >= 15 is 0 Å². The maximum absolute atomic E-state index is 12.8. The van der Waals surface area contributed by atoms with E-state index in [2.05, 4.69) is 27.3 Å². The fraction of sp³-hybridized carbons (Fsp3) is 0.500. The highest BCUT2D eigenvalue weighted by Crippen LogP contribution is 2.31. The van der Waals surface area contributed by atoms with Gasteiger partial charge in [-0.1, -0.05) is 39.0 Å². The van der Waals surface area contributed by atoms with Crippen LogP contribution in [0.5, 0.6) is 5.75 Å². The van der Waals surface area contributed by atoms with E-state index < -0.39 is 5.41 Å². The molecule has 1 aliphatic rings. The summed E-state index contributed by atoms with van der Waals surface area (Å²) < 4.78 is 5.36. The fourth-order valence-electron chi connectivity index (χ4n) is 3.89. The predicted molar refractivity (Wildman–Crippen MR) is 116 cm³/mol. The van der Waals surface area contributed by atoms with Crippen LogP contribution in [0.4, 0.5) is 0 Å². The second-order valence-corrected chi connectivity index (χ2v) is 8.94. The van der Waals surface area contributed by atoms with Crippen molar-refractivity contribution in [3.05, 3.63) is 59.9 Å². The summed E-state index contributed by atoms with van der Waals surface area (Å²) in [7, 11) is 1.70. The van der Waals surface area contributed by atoms with Crippen molar-refractivity contribution in [2.24, 2.45) is 11.3 Å². The molecular formula is C24H33N3O2. The zero-order valence-corrected chi connectivity index (χ0v) is 18.0. The SMILES string of the molecule is COc1cccc(CN2CCC[C@@H]([C@H](NC(=O)C(C)(C)C)c3ccccn3)C2)c1. The van der Waals surface area contributed by atoms with E-state index in [1.54, 1.807) is 7.11 Å². The molecule has 0 unspecified atom stereocenters. The van der Waals surface area contributed by atoms with Crippen molar-refractivity contribution >= 4 is 5.91 Å². The summed E-state index contributed by atoms with van der Waals surface area (Å²) in [4.78, 5) is 19.8. The van der Waals surface area contributed by atoms with E-state index in [0.717, 1.165) is 43.9 Å². The van der Waals surface area contributed by atoms with Gasteiger partial charge in [0.15, 0.2) is 0 Å². The van der Waals surface area contributed by atoms with Crippen LogP contribution in [0.1, 0.15) is 50.9 Å². The maximum atomic E-state index is 12.8. The van der Waals surface area contributed by atoms with Crippen LogP contribution < -0.4 is 10.1 Å². The lowest BCUT2D eigenvalue weighted by Crippen LogP contribution is -2.45. The molecule has 1 N–H and O–H groups in total. The minimum Gasteiger partial charge on any atom is -0.497 e. The third kappa shape index (κ3) is 5.80. The second-order valence-electron chi connectivity index (χ2n) is 8.94. The average molecular weight is 396 g/mol. The number of methoxy groups -OCH3 is 1. The van der Waals surface area contributed by atoms with Gasteiger partial charge in [-0.2, -0.15) is 0 Å². The van der Waals surface area contributed by atoms with Crippen molar-refractivity contribution in [2.45, 2.75) is 46.2 Å². The number of nitrogens with zero attached hydrogens (tertiary/aromatic N) is 2. The van der Waals surface area contributed by atoms with E-state index in [4.69, 9.17) is 4.74 Å². The second kappa shape index (κ2) is 9.40. The first-order valence-corrected chi connectivity index (χ1v) is 10.4. The third-order valence-electron chi connectivity index (χ3n) is 5.53. The topological polar surface area (TPSA) is 54.5 Å². The number of rotatable bonds is 6. The van der Waals surface area contributed by atoms with Crippen LogP contribution in [0, 0.1) is 11.3 Å². The van der Waals surface area contributed by atoms with Gasteiger partial charge in [0.2, 0.25) is 5.91 Å². The van der Waals surface area contributed by atoms with Crippen LogP contribution in [0.15, 0.2) is 48.7 Å². The summed E-state index contributed by atoms with van der Waals surface area (Å²) >= 11 is 0. The van der Waals surface area contributed by atoms with Crippen LogP contribution in [0.3, 0.4) is 0 Å². The number of piperidine rings is 1. The highest BCUT2D eigenvalue weighted by atomic mass is 16.5. The van der Waals surface area contributed by atoms with Gasteiger partial charge in [0, 0.05) is 24.7 Å². The van der Waals surface area contributed by atoms with Gasteiger partial charge in [-0.15, -0.1) is 0 Å². The molecular weight excluding hydrogens is 362 g/mol. The molecule has 1 aromatic heterocycles. The van der Waals surface area contributed by atoms with Gasteiger partial charge in [0.25, 0.3) is 0 Å². The summed E-state index contributed by atoms with van der Waals surface area (Å²) in [6.45, 7) is 8.74. The molecule has 1 saturated heterocycles. The highest BCUT2D eigenvalue weighted by Gasteiger charge is 2.33. The van der Waals surface area contributed by atoms with E-state index in [1.165, 1.54) is 5.56 Å². The molecule has 1 amide bonds. The number of likely N-dealkylation sites (tertiary alicyclic amines) is 1. The molecule has 0 saturated carbocycles. The lowest BCUT2D eigenvalue weighted by Gasteiger charge is -2.38. The first kappa shape index (κ1) is 21.3. The van der Waals surface area contributed by atoms with Crippen LogP contribution in [0.25, 0.3) is 0 Å². The molecule has 156 valence electrons. The number of ether oxygens (including phenoxy) is 1. The van der Waals surface area contributed by atoms with E-state index in [1.807, 2.05) is 57.3 Å². The number of aromatic nitrogens is 1. The fourth-order valence-corrected chi connectivity index (χ4v) is 3.89. The van der Waals surface area contributed by atoms with Crippen LogP contribution in [0.2, 0.25) is 0 Å². The van der Waals surface area contributed by atoms with Crippen molar-refractivity contribution in [2.75, 3.05) is 20.2 Å². The molecule has 2 heterocycles. The predicted octanol–water partition coefficient (Wildman–Crippen LogP) is 4.21. The first-order valence-electron chi connectivity index (χ1n) is 10.4. The molecule has 5 nitrogen and oxygen atoms in total. The Morgan fingerprint density at radius 2 is 2.10 bits per heavy atom. The van der Waals surface area contributed by atoms with Gasteiger partial charge < -0.3 is 10.1 Å². The number of carbonyl (C=O) groups excluding carboxylic acids is 1. The molecule has 0 bridgehead atoms. The minimum atomic E-state index is -0.429. The van der Waals surface area contributed by atoms with Crippen LogP contribution in [-0.4, -0.2) is 36.0 Å². The molecule has 0 spiro atoms. The monoisotopic (exact) mass is 395 g/mol. The number of pyridine rings is 1. The Balaban J connectivity index is 1.75. The number of hydrogen-bond donors (Lipinski definition) is 1. The number of hydrogen-bond acceptors (Lipinski definition) is 4. The Morgan fingerprint density at radius 3 is 2.79 bits per heavy atom. The third-order valence-corrected chi connectivity index (χ3v) is 5.53. The molecule has 29 heavy (non-hydrogen) atoms. The van der Waals surface area contributed by atoms with Crippen molar-refractivity contribution in [1.29, 1.82) is 0 Å². The number of amides is 1. The Labute approximate surface area is 174 Å². The van der Waals surface area contributed by atoms with Gasteiger partial charge in [0.05, 0.1) is 18.8 Å². The maximum Gasteiger partial charge on any atom is 0.225 e. The molecule has 1 fully saturated rings. The molecule has 0 aliphatic carbocycles. The molecule has 3 rings (SSSR count). The smallest absolute Gasteiger partial charge is 0.225 e. The minimum absolute atomic E-state index is 0.0677. The molecule has 0 radical (unpaired) electrons. The molecule has 1 aliphatic heterocycles. The van der Waals surface area contributed by atoms with Crippen LogP contribution >= 0.6 is 0 Å². The van der Waals surface area contributed by atoms with E-state index in [0.29, 0.717) is 5.92 Å². The molecule has 2 aromatic rings.